The molecule has 0 spiro atoms. The van der Waals surface area contributed by atoms with Crippen molar-refractivity contribution in [3.05, 3.63) is 84.4 Å². The fourth-order valence-corrected chi connectivity index (χ4v) is 3.20. The van der Waals surface area contributed by atoms with Crippen molar-refractivity contribution < 1.29 is 13.9 Å². The van der Waals surface area contributed by atoms with Gasteiger partial charge in [-0.3, -0.25) is 4.79 Å². The summed E-state index contributed by atoms with van der Waals surface area (Å²) in [5, 5.41) is 11.3. The van der Waals surface area contributed by atoms with E-state index in [9.17, 15) is 4.79 Å². The highest BCUT2D eigenvalue weighted by molar-refractivity contribution is 5.94. The van der Waals surface area contributed by atoms with Crippen molar-refractivity contribution in [3.63, 3.8) is 0 Å². The van der Waals surface area contributed by atoms with Crippen LogP contribution in [0.15, 0.2) is 83.3 Å². The van der Waals surface area contributed by atoms with E-state index < -0.39 is 6.10 Å². The average molecular weight is 413 g/mol. The Bertz CT molecular complexity index is 1170. The van der Waals surface area contributed by atoms with Crippen LogP contribution < -0.4 is 10.1 Å². The topological polar surface area (TPSA) is 77.2 Å². The van der Waals surface area contributed by atoms with Gasteiger partial charge in [0, 0.05) is 11.3 Å². The number of benzene rings is 3. The molecule has 156 valence electrons. The van der Waals surface area contributed by atoms with Crippen LogP contribution in [-0.4, -0.2) is 22.2 Å². The monoisotopic (exact) mass is 413 g/mol. The van der Waals surface area contributed by atoms with Crippen LogP contribution in [0.2, 0.25) is 0 Å². The first kappa shape index (κ1) is 20.3. The minimum absolute atomic E-state index is 0.210. The molecular weight excluding hydrogens is 390 g/mol. The molecule has 1 atom stereocenters. The third-order valence-electron chi connectivity index (χ3n) is 4.78. The highest BCUT2D eigenvalue weighted by atomic mass is 16.5. The van der Waals surface area contributed by atoms with Gasteiger partial charge in [-0.15, -0.1) is 10.2 Å². The molecular formula is C25H23N3O3. The zero-order valence-corrected chi connectivity index (χ0v) is 17.4. The lowest BCUT2D eigenvalue weighted by Crippen LogP contribution is -2.32. The Labute approximate surface area is 180 Å². The Morgan fingerprint density at radius 3 is 2.48 bits per heavy atom. The first-order chi connectivity index (χ1) is 15.1. The van der Waals surface area contributed by atoms with Crippen LogP contribution in [0, 0.1) is 6.92 Å². The van der Waals surface area contributed by atoms with Crippen LogP contribution in [0.3, 0.4) is 0 Å². The van der Waals surface area contributed by atoms with Gasteiger partial charge in [0.2, 0.25) is 5.89 Å². The third kappa shape index (κ3) is 4.80. The second-order valence-corrected chi connectivity index (χ2v) is 7.15. The van der Waals surface area contributed by atoms with Gasteiger partial charge in [-0.2, -0.15) is 0 Å². The zero-order valence-electron chi connectivity index (χ0n) is 17.4. The summed E-state index contributed by atoms with van der Waals surface area (Å²) >= 11 is 0. The molecule has 0 aliphatic rings. The lowest BCUT2D eigenvalue weighted by atomic mass is 10.1. The summed E-state index contributed by atoms with van der Waals surface area (Å²) in [4.78, 5) is 12.8. The van der Waals surface area contributed by atoms with Gasteiger partial charge >= 0.3 is 0 Å². The van der Waals surface area contributed by atoms with Gasteiger partial charge in [-0.1, -0.05) is 49.4 Å². The summed E-state index contributed by atoms with van der Waals surface area (Å²) in [6, 6.07) is 24.6. The van der Waals surface area contributed by atoms with Crippen LogP contribution in [-0.2, 0) is 4.79 Å². The van der Waals surface area contributed by atoms with Crippen LogP contribution in [0.4, 0.5) is 5.69 Å². The Hall–Kier alpha value is -3.93. The van der Waals surface area contributed by atoms with Crippen molar-refractivity contribution in [1.29, 1.82) is 0 Å². The van der Waals surface area contributed by atoms with Gasteiger partial charge in [0.25, 0.3) is 11.8 Å². The normalized spacial score (nSPS) is 11.7. The number of nitrogens with zero attached hydrogens (tertiary/aromatic N) is 2. The molecule has 0 radical (unpaired) electrons. The number of aryl methyl sites for hydroxylation is 1. The smallest absolute Gasteiger partial charge is 0.265 e. The number of carbonyl (C=O) groups excluding carboxylic acids is 1. The van der Waals surface area contributed by atoms with Crippen molar-refractivity contribution >= 4 is 11.6 Å². The van der Waals surface area contributed by atoms with Gasteiger partial charge in [-0.25, -0.2) is 0 Å². The van der Waals surface area contributed by atoms with Gasteiger partial charge in [-0.05, 0) is 55.3 Å². The van der Waals surface area contributed by atoms with E-state index in [0.29, 0.717) is 29.5 Å². The number of carbonyl (C=O) groups is 1. The fourth-order valence-electron chi connectivity index (χ4n) is 3.20. The second kappa shape index (κ2) is 9.26. The molecule has 1 amide bonds. The third-order valence-corrected chi connectivity index (χ3v) is 4.78. The molecule has 6 heteroatoms. The SMILES string of the molecule is CCC(Oc1ccccc1-c1nnc(-c2ccccc2)o1)C(=O)Nc1cccc(C)c1. The lowest BCUT2D eigenvalue weighted by Gasteiger charge is -2.18. The minimum Gasteiger partial charge on any atom is -0.480 e. The molecule has 0 bridgehead atoms. The lowest BCUT2D eigenvalue weighted by molar-refractivity contribution is -0.122. The standard InChI is InChI=1S/C25H23N3O3/c1-3-21(23(29)26-19-13-9-10-17(2)16-19)30-22-15-8-7-14-20(22)25-28-27-24(31-25)18-11-5-4-6-12-18/h4-16,21H,3H2,1-2H3,(H,26,29). The number of ether oxygens (including phenoxy) is 1. The maximum absolute atomic E-state index is 12.8. The fraction of sp³-hybridized carbons (Fsp3) is 0.160. The predicted octanol–water partition coefficient (Wildman–Crippen LogP) is 5.51. The van der Waals surface area contributed by atoms with Gasteiger partial charge in [0.15, 0.2) is 6.10 Å². The Morgan fingerprint density at radius 1 is 0.968 bits per heavy atom. The van der Waals surface area contributed by atoms with Crippen LogP contribution in [0.5, 0.6) is 5.75 Å². The molecule has 0 saturated carbocycles. The number of aromatic nitrogens is 2. The molecule has 3 aromatic carbocycles. The molecule has 4 aromatic rings. The summed E-state index contributed by atoms with van der Waals surface area (Å²) in [5.74, 6) is 1.06. The molecule has 0 fully saturated rings. The molecule has 1 aromatic heterocycles. The van der Waals surface area contributed by atoms with E-state index in [1.165, 1.54) is 0 Å². The van der Waals surface area contributed by atoms with Crippen molar-refractivity contribution in [2.45, 2.75) is 26.4 Å². The van der Waals surface area contributed by atoms with E-state index in [4.69, 9.17) is 9.15 Å². The summed E-state index contributed by atoms with van der Waals surface area (Å²) in [6.07, 6.45) is -0.163. The number of nitrogens with one attached hydrogen (secondary N) is 1. The van der Waals surface area contributed by atoms with E-state index in [-0.39, 0.29) is 5.91 Å². The van der Waals surface area contributed by atoms with E-state index in [1.54, 1.807) is 6.07 Å². The first-order valence-corrected chi connectivity index (χ1v) is 10.2. The summed E-state index contributed by atoms with van der Waals surface area (Å²) in [7, 11) is 0. The molecule has 0 saturated heterocycles. The van der Waals surface area contributed by atoms with E-state index in [2.05, 4.69) is 15.5 Å². The molecule has 4 rings (SSSR count). The van der Waals surface area contributed by atoms with Gasteiger partial charge < -0.3 is 14.5 Å². The number of para-hydroxylation sites is 1. The summed E-state index contributed by atoms with van der Waals surface area (Å²) in [5.41, 5.74) is 3.29. The van der Waals surface area contributed by atoms with Crippen LogP contribution in [0.25, 0.3) is 22.9 Å². The van der Waals surface area contributed by atoms with Gasteiger partial charge in [0.05, 0.1) is 5.56 Å². The summed E-state index contributed by atoms with van der Waals surface area (Å²) in [6.45, 7) is 3.89. The molecule has 1 heterocycles. The predicted molar refractivity (Wildman–Crippen MR) is 120 cm³/mol. The minimum atomic E-state index is -0.668. The summed E-state index contributed by atoms with van der Waals surface area (Å²) < 4.78 is 12.0. The van der Waals surface area contributed by atoms with E-state index in [0.717, 1.165) is 16.8 Å². The number of amides is 1. The zero-order chi connectivity index (χ0) is 21.6. The Balaban J connectivity index is 1.55. The van der Waals surface area contributed by atoms with Crippen molar-refractivity contribution in [2.24, 2.45) is 0 Å². The first-order valence-electron chi connectivity index (χ1n) is 10.2. The molecule has 31 heavy (non-hydrogen) atoms. The second-order valence-electron chi connectivity index (χ2n) is 7.15. The molecule has 1 N–H and O–H groups in total. The molecule has 1 unspecified atom stereocenters. The Morgan fingerprint density at radius 2 is 1.71 bits per heavy atom. The van der Waals surface area contributed by atoms with Crippen molar-refractivity contribution in [1.82, 2.24) is 10.2 Å². The Kier molecular flexibility index (Phi) is 6.08. The molecule has 0 aliphatic carbocycles. The maximum atomic E-state index is 12.8. The highest BCUT2D eigenvalue weighted by Crippen LogP contribution is 2.32. The van der Waals surface area contributed by atoms with E-state index >= 15 is 0 Å². The van der Waals surface area contributed by atoms with Crippen LogP contribution in [0.1, 0.15) is 18.9 Å². The number of anilines is 1. The largest absolute Gasteiger partial charge is 0.480 e. The van der Waals surface area contributed by atoms with E-state index in [1.807, 2.05) is 86.6 Å². The quantitative estimate of drug-likeness (QED) is 0.432. The van der Waals surface area contributed by atoms with Crippen molar-refractivity contribution in [2.75, 3.05) is 5.32 Å². The average Bonchev–Trinajstić information content (AvgIpc) is 3.28. The maximum Gasteiger partial charge on any atom is 0.265 e. The highest BCUT2D eigenvalue weighted by Gasteiger charge is 2.22. The number of hydrogen-bond acceptors (Lipinski definition) is 5. The molecule has 6 nitrogen and oxygen atoms in total. The van der Waals surface area contributed by atoms with Crippen LogP contribution >= 0.6 is 0 Å². The van der Waals surface area contributed by atoms with Crippen molar-refractivity contribution in [3.8, 4) is 28.7 Å². The number of rotatable bonds is 7. The van der Waals surface area contributed by atoms with Gasteiger partial charge in [0.1, 0.15) is 5.75 Å². The number of hydrogen-bond donors (Lipinski definition) is 1. The molecule has 0 aliphatic heterocycles.